The van der Waals surface area contributed by atoms with Crippen LogP contribution >= 0.6 is 0 Å². The summed E-state index contributed by atoms with van der Waals surface area (Å²) in [5.41, 5.74) is 1.23. The number of nitrogens with one attached hydrogen (secondary N) is 3. The van der Waals surface area contributed by atoms with Gasteiger partial charge in [-0.3, -0.25) is 0 Å². The van der Waals surface area contributed by atoms with Crippen LogP contribution in [0.25, 0.3) is 0 Å². The molecule has 0 radical (unpaired) electrons. The van der Waals surface area contributed by atoms with Gasteiger partial charge in [-0.25, -0.2) is 23.3 Å². The van der Waals surface area contributed by atoms with Crippen molar-refractivity contribution in [2.75, 3.05) is 7.11 Å². The van der Waals surface area contributed by atoms with E-state index in [1.54, 1.807) is 0 Å². The van der Waals surface area contributed by atoms with Crippen molar-refractivity contribution in [3.05, 3.63) is 35.7 Å². The average molecular weight is 323 g/mol. The van der Waals surface area contributed by atoms with Crippen molar-refractivity contribution in [2.24, 2.45) is 10.1 Å². The third-order valence-corrected chi connectivity index (χ3v) is 4.11. The van der Waals surface area contributed by atoms with Crippen LogP contribution in [0.5, 0.6) is 5.75 Å². The molecule has 1 atom stereocenters. The second-order valence-corrected chi connectivity index (χ2v) is 6.19. The molecule has 0 aromatic heterocycles. The molecular weight excluding hydrogens is 310 g/mol. The molecule has 0 bridgehead atoms. The SMILES string of the molecule is COc1cc(S(N)(=O)=O)ccc1C1=NC2NC(=O)NC=C2N1. The molecule has 0 fully saturated rings. The Morgan fingerprint density at radius 2 is 2.14 bits per heavy atom. The second-order valence-electron chi connectivity index (χ2n) is 4.63. The lowest BCUT2D eigenvalue weighted by Crippen LogP contribution is -2.45. The van der Waals surface area contributed by atoms with Crippen molar-refractivity contribution in [3.8, 4) is 5.75 Å². The minimum absolute atomic E-state index is 0.0571. The van der Waals surface area contributed by atoms with E-state index < -0.39 is 16.2 Å². The van der Waals surface area contributed by atoms with Gasteiger partial charge in [0.15, 0.2) is 6.17 Å². The fourth-order valence-electron chi connectivity index (χ4n) is 2.15. The lowest BCUT2D eigenvalue weighted by atomic mass is 10.2. The summed E-state index contributed by atoms with van der Waals surface area (Å²) in [5.74, 6) is 0.759. The number of hydrogen-bond donors (Lipinski definition) is 4. The van der Waals surface area contributed by atoms with Gasteiger partial charge in [0.05, 0.1) is 23.3 Å². The first-order valence-electron chi connectivity index (χ1n) is 6.21. The minimum Gasteiger partial charge on any atom is -0.496 e. The van der Waals surface area contributed by atoms with Crippen LogP contribution in [-0.4, -0.2) is 33.6 Å². The lowest BCUT2D eigenvalue weighted by Gasteiger charge is -2.16. The van der Waals surface area contributed by atoms with Gasteiger partial charge < -0.3 is 20.7 Å². The van der Waals surface area contributed by atoms with Gasteiger partial charge in [0, 0.05) is 12.3 Å². The smallest absolute Gasteiger partial charge is 0.320 e. The number of aliphatic imine (C=N–C) groups is 1. The Hall–Kier alpha value is -2.59. The van der Waals surface area contributed by atoms with Gasteiger partial charge in [0.2, 0.25) is 10.0 Å². The number of methoxy groups -OCH3 is 1. The number of benzene rings is 1. The monoisotopic (exact) mass is 323 g/mol. The molecule has 2 heterocycles. The standard InChI is InChI=1S/C12H13N5O4S/c1-21-9-4-6(22(13,19)20)2-3-7(9)10-15-8-5-14-12(18)17-11(8)16-10/h2-5,11H,1H3,(H,15,16)(H2,13,19,20)(H2,14,17,18). The number of nitrogens with zero attached hydrogens (tertiary/aromatic N) is 1. The van der Waals surface area contributed by atoms with E-state index in [1.165, 1.54) is 31.5 Å². The highest BCUT2D eigenvalue weighted by molar-refractivity contribution is 7.89. The Kier molecular flexibility index (Phi) is 3.26. The number of ether oxygens (including phenoxy) is 1. The van der Waals surface area contributed by atoms with Crippen molar-refractivity contribution < 1.29 is 17.9 Å². The number of amides is 2. The molecule has 2 aliphatic rings. The summed E-state index contributed by atoms with van der Waals surface area (Å²) in [6.07, 6.45) is 1.01. The molecule has 0 saturated heterocycles. The van der Waals surface area contributed by atoms with Crippen LogP contribution in [0.4, 0.5) is 4.79 Å². The Morgan fingerprint density at radius 3 is 2.82 bits per heavy atom. The zero-order chi connectivity index (χ0) is 15.9. The fraction of sp³-hybridized carbons (Fsp3) is 0.167. The van der Waals surface area contributed by atoms with Crippen LogP contribution in [0.15, 0.2) is 40.0 Å². The Labute approximate surface area is 126 Å². The fourth-order valence-corrected chi connectivity index (χ4v) is 2.68. The van der Waals surface area contributed by atoms with Crippen LogP contribution in [-0.2, 0) is 10.0 Å². The van der Waals surface area contributed by atoms with Gasteiger partial charge in [-0.2, -0.15) is 0 Å². The number of carbonyl (C=O) groups excluding carboxylic acids is 1. The second kappa shape index (κ2) is 5.00. The summed E-state index contributed by atoms with van der Waals surface area (Å²) >= 11 is 0. The van der Waals surface area contributed by atoms with E-state index in [1.807, 2.05) is 0 Å². The van der Waals surface area contributed by atoms with Crippen molar-refractivity contribution in [1.82, 2.24) is 16.0 Å². The first kappa shape index (κ1) is 14.4. The topological polar surface area (TPSA) is 135 Å². The van der Waals surface area contributed by atoms with Crippen LogP contribution in [0.3, 0.4) is 0 Å². The van der Waals surface area contributed by atoms with Crippen molar-refractivity contribution in [2.45, 2.75) is 11.1 Å². The number of fused-ring (bicyclic) bond motifs is 1. The molecule has 116 valence electrons. The number of amidine groups is 1. The largest absolute Gasteiger partial charge is 0.496 e. The number of rotatable bonds is 3. The molecule has 2 amide bonds. The highest BCUT2D eigenvalue weighted by atomic mass is 32.2. The normalized spacial score (nSPS) is 20.1. The number of carbonyl (C=O) groups is 1. The Bertz CT molecular complexity index is 815. The lowest BCUT2D eigenvalue weighted by molar-refractivity contribution is 0.240. The molecule has 22 heavy (non-hydrogen) atoms. The number of nitrogens with two attached hydrogens (primary N) is 1. The van der Waals surface area contributed by atoms with Crippen molar-refractivity contribution in [3.63, 3.8) is 0 Å². The molecule has 1 aromatic rings. The predicted octanol–water partition coefficient (Wildman–Crippen LogP) is -0.827. The highest BCUT2D eigenvalue weighted by Crippen LogP contribution is 2.25. The molecule has 10 heteroatoms. The first-order valence-corrected chi connectivity index (χ1v) is 7.76. The van der Waals surface area contributed by atoms with Gasteiger partial charge in [-0.1, -0.05) is 0 Å². The van der Waals surface area contributed by atoms with Gasteiger partial charge in [0.25, 0.3) is 0 Å². The summed E-state index contributed by atoms with van der Waals surface area (Å²) in [7, 11) is -2.41. The molecule has 3 rings (SSSR count). The minimum atomic E-state index is -3.82. The molecule has 9 nitrogen and oxygen atoms in total. The van der Waals surface area contributed by atoms with Crippen molar-refractivity contribution >= 4 is 21.9 Å². The summed E-state index contributed by atoms with van der Waals surface area (Å²) in [4.78, 5) is 15.5. The molecule has 1 aromatic carbocycles. The van der Waals surface area contributed by atoms with Gasteiger partial charge in [0.1, 0.15) is 11.6 Å². The van der Waals surface area contributed by atoms with E-state index in [9.17, 15) is 13.2 Å². The van der Waals surface area contributed by atoms with Crippen LogP contribution < -0.4 is 25.8 Å². The maximum absolute atomic E-state index is 11.4. The summed E-state index contributed by atoms with van der Waals surface area (Å²) in [6, 6.07) is 3.88. The molecule has 0 aliphatic carbocycles. The van der Waals surface area contributed by atoms with E-state index in [2.05, 4.69) is 20.9 Å². The maximum Gasteiger partial charge on any atom is 0.320 e. The van der Waals surface area contributed by atoms with E-state index in [-0.39, 0.29) is 10.9 Å². The molecule has 0 spiro atoms. The quantitative estimate of drug-likeness (QED) is 0.576. The maximum atomic E-state index is 11.4. The van der Waals surface area contributed by atoms with Crippen LogP contribution in [0, 0.1) is 0 Å². The summed E-state index contributed by atoms with van der Waals surface area (Å²) in [6.45, 7) is 0. The highest BCUT2D eigenvalue weighted by Gasteiger charge is 2.29. The van der Waals surface area contributed by atoms with E-state index in [0.29, 0.717) is 22.8 Å². The zero-order valence-electron chi connectivity index (χ0n) is 11.5. The Balaban J connectivity index is 1.99. The molecule has 5 N–H and O–H groups in total. The average Bonchev–Trinajstić information content (AvgIpc) is 2.88. The van der Waals surface area contributed by atoms with Crippen LogP contribution in [0.2, 0.25) is 0 Å². The molecule has 2 aliphatic heterocycles. The summed E-state index contributed by atoms with van der Waals surface area (Å²) < 4.78 is 28.0. The van der Waals surface area contributed by atoms with Gasteiger partial charge in [-0.15, -0.1) is 0 Å². The third kappa shape index (κ3) is 2.49. The summed E-state index contributed by atoms with van der Waals surface area (Å²) in [5, 5.41) is 13.3. The van der Waals surface area contributed by atoms with Crippen molar-refractivity contribution in [1.29, 1.82) is 0 Å². The van der Waals surface area contributed by atoms with E-state index in [4.69, 9.17) is 9.88 Å². The molecule has 0 saturated carbocycles. The van der Waals surface area contributed by atoms with E-state index >= 15 is 0 Å². The van der Waals surface area contributed by atoms with E-state index in [0.717, 1.165) is 0 Å². The molecular formula is C12H13N5O4S. The third-order valence-electron chi connectivity index (χ3n) is 3.20. The molecule has 1 unspecified atom stereocenters. The Morgan fingerprint density at radius 1 is 1.36 bits per heavy atom. The zero-order valence-corrected chi connectivity index (χ0v) is 12.3. The van der Waals surface area contributed by atoms with Gasteiger partial charge in [-0.05, 0) is 12.1 Å². The van der Waals surface area contributed by atoms with Gasteiger partial charge >= 0.3 is 6.03 Å². The number of hydrogen-bond acceptors (Lipinski definition) is 6. The predicted molar refractivity (Wildman–Crippen MR) is 77.6 cm³/mol. The van der Waals surface area contributed by atoms with Crippen LogP contribution in [0.1, 0.15) is 5.56 Å². The number of urea groups is 1. The number of primary sulfonamides is 1. The number of sulfonamides is 1. The first-order chi connectivity index (χ1) is 10.4.